The van der Waals surface area contributed by atoms with Gasteiger partial charge in [-0.05, 0) is 91.0 Å². The molecule has 0 fully saturated rings. The summed E-state index contributed by atoms with van der Waals surface area (Å²) >= 11 is 0. The number of anilines is 6. The number of imide groups is 1. The molecule has 6 rings (SSSR count). The first-order valence-electron chi connectivity index (χ1n) is 12.7. The number of para-hydroxylation sites is 2. The van der Waals surface area contributed by atoms with E-state index in [0.717, 1.165) is 27.6 Å². The third kappa shape index (κ3) is 5.04. The van der Waals surface area contributed by atoms with Crippen molar-refractivity contribution >= 4 is 51.8 Å². The normalized spacial score (nSPS) is 12.2. The minimum absolute atomic E-state index is 0.201. The molecule has 0 saturated carbocycles. The van der Waals surface area contributed by atoms with E-state index >= 15 is 0 Å². The van der Waals surface area contributed by atoms with Crippen molar-refractivity contribution in [3.8, 4) is 0 Å². The van der Waals surface area contributed by atoms with E-state index in [-0.39, 0.29) is 22.6 Å². The Labute approximate surface area is 231 Å². The smallest absolute Gasteiger partial charge is 0.266 e. The largest absolute Gasteiger partial charge is 0.356 e. The number of benzene rings is 5. The van der Waals surface area contributed by atoms with E-state index in [9.17, 15) is 14.4 Å². The number of nitrogens with one attached hydrogen (secondary N) is 3. The van der Waals surface area contributed by atoms with Gasteiger partial charge in [0.05, 0.1) is 16.8 Å². The van der Waals surface area contributed by atoms with E-state index in [1.165, 1.54) is 12.1 Å². The molecule has 0 spiro atoms. The van der Waals surface area contributed by atoms with Crippen molar-refractivity contribution in [2.45, 2.75) is 0 Å². The van der Waals surface area contributed by atoms with E-state index in [1.807, 2.05) is 84.9 Å². The molecular formula is C33H24N4O3. The van der Waals surface area contributed by atoms with Gasteiger partial charge in [0.1, 0.15) is 0 Å². The van der Waals surface area contributed by atoms with Crippen molar-refractivity contribution in [2.24, 2.45) is 0 Å². The van der Waals surface area contributed by atoms with Crippen LogP contribution in [0.25, 0.3) is 0 Å². The van der Waals surface area contributed by atoms with Gasteiger partial charge in [0.25, 0.3) is 17.7 Å². The first-order chi connectivity index (χ1) is 19.5. The molecule has 0 unspecified atom stereocenters. The molecule has 0 atom stereocenters. The van der Waals surface area contributed by atoms with Crippen LogP contribution < -0.4 is 20.9 Å². The Morgan fingerprint density at radius 2 is 0.975 bits per heavy atom. The molecule has 1 aliphatic rings. The summed E-state index contributed by atoms with van der Waals surface area (Å²) in [6.45, 7) is 0. The van der Waals surface area contributed by atoms with Crippen molar-refractivity contribution in [3.63, 3.8) is 0 Å². The fourth-order valence-corrected chi connectivity index (χ4v) is 4.53. The van der Waals surface area contributed by atoms with Crippen LogP contribution >= 0.6 is 0 Å². The zero-order valence-corrected chi connectivity index (χ0v) is 21.3. The average molecular weight is 525 g/mol. The second kappa shape index (κ2) is 10.6. The molecule has 1 heterocycles. The third-order valence-corrected chi connectivity index (χ3v) is 6.54. The number of nitrogens with zero attached hydrogens (tertiary/aromatic N) is 1. The standard InChI is InChI=1S/C33H24N4O3/c38-31(36-27-14-12-25(13-15-27)34-23-7-3-1-4-8-23)22-11-20-29-30(21-22)33(40)37(32(29)39)28-18-16-26(17-19-28)35-24-9-5-2-6-10-24/h1-21,34-35H,(H,36,38). The van der Waals surface area contributed by atoms with Gasteiger partial charge in [0.2, 0.25) is 0 Å². The molecule has 5 aromatic rings. The number of fused-ring (bicyclic) bond motifs is 1. The van der Waals surface area contributed by atoms with Gasteiger partial charge in [-0.1, -0.05) is 36.4 Å². The first kappa shape index (κ1) is 24.6. The Hall–Kier alpha value is -5.69. The highest BCUT2D eigenvalue weighted by molar-refractivity contribution is 6.34. The van der Waals surface area contributed by atoms with Crippen LogP contribution in [0.2, 0.25) is 0 Å². The van der Waals surface area contributed by atoms with Crippen LogP contribution in [0.1, 0.15) is 31.1 Å². The molecule has 7 nitrogen and oxygen atoms in total. The van der Waals surface area contributed by atoms with E-state index in [0.29, 0.717) is 11.4 Å². The van der Waals surface area contributed by atoms with Gasteiger partial charge >= 0.3 is 0 Å². The predicted octanol–water partition coefficient (Wildman–Crippen LogP) is 7.23. The van der Waals surface area contributed by atoms with E-state index < -0.39 is 11.8 Å². The average Bonchev–Trinajstić information content (AvgIpc) is 3.24. The maximum Gasteiger partial charge on any atom is 0.266 e. The Kier molecular flexibility index (Phi) is 6.52. The monoisotopic (exact) mass is 524 g/mol. The third-order valence-electron chi connectivity index (χ3n) is 6.54. The molecule has 7 heteroatoms. The van der Waals surface area contributed by atoms with E-state index in [1.54, 1.807) is 30.3 Å². The summed E-state index contributed by atoms with van der Waals surface area (Å²) in [7, 11) is 0. The van der Waals surface area contributed by atoms with Gasteiger partial charge in [-0.25, -0.2) is 4.90 Å². The number of carbonyl (C=O) groups is 3. The molecule has 40 heavy (non-hydrogen) atoms. The van der Waals surface area contributed by atoms with E-state index in [2.05, 4.69) is 16.0 Å². The highest BCUT2D eigenvalue weighted by atomic mass is 16.2. The Balaban J connectivity index is 1.14. The fourth-order valence-electron chi connectivity index (χ4n) is 4.53. The zero-order chi connectivity index (χ0) is 27.5. The predicted molar refractivity (Wildman–Crippen MR) is 158 cm³/mol. The lowest BCUT2D eigenvalue weighted by molar-refractivity contribution is 0.0925. The maximum absolute atomic E-state index is 13.3. The number of hydrogen-bond donors (Lipinski definition) is 3. The fraction of sp³-hybridized carbons (Fsp3) is 0. The molecule has 0 aliphatic carbocycles. The summed E-state index contributed by atoms with van der Waals surface area (Å²) in [5.74, 6) is -1.26. The van der Waals surface area contributed by atoms with Crippen LogP contribution in [-0.2, 0) is 0 Å². The van der Waals surface area contributed by atoms with E-state index in [4.69, 9.17) is 0 Å². The van der Waals surface area contributed by atoms with Crippen molar-refractivity contribution in [1.29, 1.82) is 0 Å². The molecule has 3 amide bonds. The summed E-state index contributed by atoms with van der Waals surface area (Å²) in [4.78, 5) is 40.5. The number of hydrogen-bond acceptors (Lipinski definition) is 5. The highest BCUT2D eigenvalue weighted by Crippen LogP contribution is 2.31. The second-order valence-electron chi connectivity index (χ2n) is 9.27. The van der Waals surface area contributed by atoms with Gasteiger partial charge in [-0.2, -0.15) is 0 Å². The molecule has 0 radical (unpaired) electrons. The number of carbonyl (C=O) groups excluding carboxylic acids is 3. The van der Waals surface area contributed by atoms with Crippen molar-refractivity contribution in [3.05, 3.63) is 144 Å². The van der Waals surface area contributed by atoms with Crippen LogP contribution in [0.5, 0.6) is 0 Å². The lowest BCUT2D eigenvalue weighted by Crippen LogP contribution is -2.29. The first-order valence-corrected chi connectivity index (χ1v) is 12.7. The summed E-state index contributed by atoms with van der Waals surface area (Å²) in [6.07, 6.45) is 0. The Morgan fingerprint density at radius 1 is 0.500 bits per heavy atom. The molecule has 3 N–H and O–H groups in total. The lowest BCUT2D eigenvalue weighted by Gasteiger charge is -2.15. The molecule has 5 aromatic carbocycles. The topological polar surface area (TPSA) is 90.5 Å². The Bertz CT molecular complexity index is 1700. The van der Waals surface area contributed by atoms with Crippen LogP contribution in [-0.4, -0.2) is 17.7 Å². The van der Waals surface area contributed by atoms with Crippen LogP contribution in [0.3, 0.4) is 0 Å². The van der Waals surface area contributed by atoms with Crippen molar-refractivity contribution in [1.82, 2.24) is 0 Å². The van der Waals surface area contributed by atoms with Crippen LogP contribution in [0, 0.1) is 0 Å². The summed E-state index contributed by atoms with van der Waals surface area (Å²) < 4.78 is 0. The van der Waals surface area contributed by atoms with Gasteiger partial charge in [-0.15, -0.1) is 0 Å². The number of amides is 3. The molecule has 194 valence electrons. The van der Waals surface area contributed by atoms with Gasteiger partial charge in [0.15, 0.2) is 0 Å². The highest BCUT2D eigenvalue weighted by Gasteiger charge is 2.37. The quantitative estimate of drug-likeness (QED) is 0.196. The lowest BCUT2D eigenvalue weighted by atomic mass is 10.1. The van der Waals surface area contributed by atoms with Gasteiger partial charge in [0, 0.05) is 34.0 Å². The second-order valence-corrected chi connectivity index (χ2v) is 9.27. The zero-order valence-electron chi connectivity index (χ0n) is 21.3. The van der Waals surface area contributed by atoms with Crippen LogP contribution in [0.15, 0.2) is 127 Å². The summed E-state index contributed by atoms with van der Waals surface area (Å²) in [6, 6.07) is 38.4. The van der Waals surface area contributed by atoms with Crippen molar-refractivity contribution < 1.29 is 14.4 Å². The van der Waals surface area contributed by atoms with Crippen LogP contribution in [0.4, 0.5) is 34.1 Å². The van der Waals surface area contributed by atoms with Gasteiger partial charge < -0.3 is 16.0 Å². The molecule has 0 aromatic heterocycles. The van der Waals surface area contributed by atoms with Crippen molar-refractivity contribution in [2.75, 3.05) is 20.9 Å². The SMILES string of the molecule is O=C(Nc1ccc(Nc2ccccc2)cc1)c1ccc2c(c1)C(=O)N(c1ccc(Nc3ccccc3)cc1)C2=O. The maximum atomic E-state index is 13.3. The minimum atomic E-state index is -0.463. The minimum Gasteiger partial charge on any atom is -0.356 e. The van der Waals surface area contributed by atoms with Gasteiger partial charge in [-0.3, -0.25) is 14.4 Å². The summed E-state index contributed by atoms with van der Waals surface area (Å²) in [5.41, 5.74) is 5.43. The Morgan fingerprint density at radius 3 is 1.55 bits per heavy atom. The molecule has 0 bridgehead atoms. The number of rotatable bonds is 7. The molecule has 1 aliphatic heterocycles. The molecular weight excluding hydrogens is 500 g/mol. The summed E-state index contributed by atoms with van der Waals surface area (Å²) in [5, 5.41) is 9.43. The molecule has 0 saturated heterocycles.